The highest BCUT2D eigenvalue weighted by Gasteiger charge is 2.54. The highest BCUT2D eigenvalue weighted by Crippen LogP contribution is 2.48. The van der Waals surface area contributed by atoms with Crippen molar-refractivity contribution in [2.45, 2.75) is 54.0 Å². The quantitative estimate of drug-likeness (QED) is 0.280. The lowest BCUT2D eigenvalue weighted by Crippen LogP contribution is -2.71. The normalized spacial score (nSPS) is 14.4. The largest absolute Gasteiger partial charge is 0.497 e. The maximum Gasteiger partial charge on any atom is 0.173 e. The molecule has 0 unspecified atom stereocenters. The van der Waals surface area contributed by atoms with Gasteiger partial charge in [-0.2, -0.15) is 0 Å². The van der Waals surface area contributed by atoms with Gasteiger partial charge in [-0.05, 0) is 93.4 Å². The number of benzene rings is 3. The van der Waals surface area contributed by atoms with Gasteiger partial charge in [-0.3, -0.25) is 0 Å². The molecule has 0 radical (unpaired) electrons. The molecule has 4 heteroatoms. The van der Waals surface area contributed by atoms with Gasteiger partial charge in [0.15, 0.2) is 8.07 Å². The molecule has 0 fully saturated rings. The minimum Gasteiger partial charge on any atom is -0.497 e. The van der Waals surface area contributed by atoms with Crippen LogP contribution in [-0.4, -0.2) is 29.4 Å². The average Bonchev–Trinajstić information content (AvgIpc) is 3.08. The molecule has 0 aliphatic heterocycles. The van der Waals surface area contributed by atoms with Crippen LogP contribution >= 0.6 is 0 Å². The Morgan fingerprint density at radius 1 is 0.486 bits per heavy atom. The predicted molar refractivity (Wildman–Crippen MR) is 158 cm³/mol. The van der Waals surface area contributed by atoms with E-state index in [9.17, 15) is 0 Å². The molecule has 0 aromatic heterocycles. The second-order valence-corrected chi connectivity index (χ2v) is 14.3. The molecule has 3 aromatic carbocycles. The summed E-state index contributed by atoms with van der Waals surface area (Å²) in [4.78, 5) is 0. The number of rotatable bonds is 7. The maximum absolute atomic E-state index is 6.16. The molecule has 37 heavy (non-hydrogen) atoms. The molecule has 1 aliphatic carbocycles. The molecule has 0 saturated carbocycles. The van der Waals surface area contributed by atoms with Crippen molar-refractivity contribution in [1.29, 1.82) is 0 Å². The van der Waals surface area contributed by atoms with E-state index in [2.05, 4.69) is 103 Å². The lowest BCUT2D eigenvalue weighted by atomic mass is 10.1. The third kappa shape index (κ3) is 4.21. The van der Waals surface area contributed by atoms with Crippen molar-refractivity contribution in [3.63, 3.8) is 0 Å². The molecular formula is C33H40O3Si. The molecular weight excluding hydrogens is 472 g/mol. The van der Waals surface area contributed by atoms with E-state index in [1.807, 2.05) is 0 Å². The summed E-state index contributed by atoms with van der Waals surface area (Å²) in [5, 5.41) is 3.73. The Morgan fingerprint density at radius 3 is 1.05 bits per heavy atom. The summed E-state index contributed by atoms with van der Waals surface area (Å²) in [5.41, 5.74) is 9.39. The summed E-state index contributed by atoms with van der Waals surface area (Å²) in [7, 11) is 2.37. The van der Waals surface area contributed by atoms with Crippen LogP contribution in [0.4, 0.5) is 0 Å². The first kappa shape index (κ1) is 26.8. The van der Waals surface area contributed by atoms with Crippen LogP contribution in [0.15, 0.2) is 76.9 Å². The van der Waals surface area contributed by atoms with Crippen molar-refractivity contribution < 1.29 is 14.2 Å². The Labute approximate surface area is 223 Å². The van der Waals surface area contributed by atoms with Crippen molar-refractivity contribution >= 4 is 23.6 Å². The van der Waals surface area contributed by atoms with Crippen LogP contribution in [0.25, 0.3) is 0 Å². The molecule has 3 nitrogen and oxygen atoms in total. The van der Waals surface area contributed by atoms with Gasteiger partial charge in [0.2, 0.25) is 0 Å². The first-order chi connectivity index (χ1) is 17.6. The standard InChI is InChI=1S/C33H40O3Si/c1-20-11-14-27(34-8)30(17-20)37(31-18-21(2)12-15-28(31)35-9,32-19-22(3)13-16-29(32)36-10)33-25(6)23(4)24(5)26(33)7/h11-19,33H,1-10H3. The van der Waals surface area contributed by atoms with E-state index in [0.717, 1.165) is 17.2 Å². The van der Waals surface area contributed by atoms with E-state index in [0.29, 0.717) is 0 Å². The highest BCUT2D eigenvalue weighted by molar-refractivity contribution is 7.14. The second kappa shape index (κ2) is 10.3. The minimum atomic E-state index is -2.98. The SMILES string of the molecule is COc1ccc(C)cc1[Si](c1cc(C)ccc1OC)(c1cc(C)ccc1OC)C1C(C)=C(C)C(C)=C1C. The number of aryl methyl sites for hydroxylation is 3. The van der Waals surface area contributed by atoms with Crippen molar-refractivity contribution in [3.05, 3.63) is 93.6 Å². The molecule has 0 atom stereocenters. The molecule has 194 valence electrons. The van der Waals surface area contributed by atoms with Gasteiger partial charge in [0.05, 0.1) is 21.3 Å². The fourth-order valence-electron chi connectivity index (χ4n) is 6.29. The number of ether oxygens (including phenoxy) is 3. The van der Waals surface area contributed by atoms with Gasteiger partial charge in [0.25, 0.3) is 0 Å². The van der Waals surface area contributed by atoms with E-state index in [-0.39, 0.29) is 5.54 Å². The first-order valence-corrected chi connectivity index (χ1v) is 15.0. The summed E-state index contributed by atoms with van der Waals surface area (Å²) in [6, 6.07) is 19.8. The summed E-state index contributed by atoms with van der Waals surface area (Å²) >= 11 is 0. The van der Waals surface area contributed by atoms with Crippen LogP contribution in [0.3, 0.4) is 0 Å². The molecule has 0 spiro atoms. The van der Waals surface area contributed by atoms with E-state index in [1.165, 1.54) is 54.5 Å². The van der Waals surface area contributed by atoms with Crippen LogP contribution in [0, 0.1) is 20.8 Å². The number of hydrogen-bond donors (Lipinski definition) is 0. The monoisotopic (exact) mass is 512 g/mol. The Balaban J connectivity index is 2.37. The molecule has 0 N–H and O–H groups in total. The summed E-state index contributed by atoms with van der Waals surface area (Å²) in [5.74, 6) is 2.73. The van der Waals surface area contributed by atoms with Crippen LogP contribution in [0.1, 0.15) is 44.4 Å². The summed E-state index contributed by atoms with van der Waals surface area (Å²) in [6.07, 6.45) is 0. The Kier molecular flexibility index (Phi) is 7.43. The van der Waals surface area contributed by atoms with Gasteiger partial charge < -0.3 is 14.2 Å². The third-order valence-corrected chi connectivity index (χ3v) is 13.8. The van der Waals surface area contributed by atoms with E-state index < -0.39 is 8.07 Å². The van der Waals surface area contributed by atoms with Crippen LogP contribution < -0.4 is 29.8 Å². The second-order valence-electron chi connectivity index (χ2n) is 10.5. The van der Waals surface area contributed by atoms with Crippen LogP contribution in [0.5, 0.6) is 17.2 Å². The first-order valence-electron chi connectivity index (χ1n) is 12.9. The highest BCUT2D eigenvalue weighted by atomic mass is 28.3. The zero-order valence-corrected chi connectivity index (χ0v) is 25.0. The van der Waals surface area contributed by atoms with Crippen molar-refractivity contribution in [3.8, 4) is 17.2 Å². The summed E-state index contributed by atoms with van der Waals surface area (Å²) < 4.78 is 18.5. The topological polar surface area (TPSA) is 27.7 Å². The van der Waals surface area contributed by atoms with E-state index >= 15 is 0 Å². The fourth-order valence-corrected chi connectivity index (χ4v) is 12.9. The van der Waals surface area contributed by atoms with Gasteiger partial charge in [-0.25, -0.2) is 0 Å². The van der Waals surface area contributed by atoms with Gasteiger partial charge in [-0.15, -0.1) is 0 Å². The lowest BCUT2D eigenvalue weighted by molar-refractivity contribution is 0.415. The van der Waals surface area contributed by atoms with Gasteiger partial charge >= 0.3 is 0 Å². The number of allylic oxidation sites excluding steroid dienone is 4. The summed E-state index contributed by atoms with van der Waals surface area (Å²) in [6.45, 7) is 15.7. The Morgan fingerprint density at radius 2 is 0.784 bits per heavy atom. The molecule has 0 heterocycles. The maximum atomic E-state index is 6.16. The molecule has 0 bridgehead atoms. The zero-order valence-electron chi connectivity index (χ0n) is 24.0. The van der Waals surface area contributed by atoms with E-state index in [4.69, 9.17) is 14.2 Å². The number of hydrogen-bond acceptors (Lipinski definition) is 3. The van der Waals surface area contributed by atoms with Crippen molar-refractivity contribution in [1.82, 2.24) is 0 Å². The third-order valence-electron chi connectivity index (χ3n) is 8.38. The van der Waals surface area contributed by atoms with Crippen molar-refractivity contribution in [2.75, 3.05) is 21.3 Å². The predicted octanol–water partition coefficient (Wildman–Crippen LogP) is 6.16. The van der Waals surface area contributed by atoms with Crippen LogP contribution in [-0.2, 0) is 0 Å². The molecule has 0 amide bonds. The fraction of sp³-hybridized carbons (Fsp3) is 0.333. The molecule has 0 saturated heterocycles. The zero-order chi connectivity index (χ0) is 27.1. The minimum absolute atomic E-state index is 0.176. The Bertz CT molecular complexity index is 1260. The Hall–Kier alpha value is -3.24. The molecule has 3 aromatic rings. The average molecular weight is 513 g/mol. The van der Waals surface area contributed by atoms with Gasteiger partial charge in [0, 0.05) is 5.54 Å². The number of methoxy groups -OCH3 is 3. The molecule has 4 rings (SSSR count). The van der Waals surface area contributed by atoms with E-state index in [1.54, 1.807) is 21.3 Å². The smallest absolute Gasteiger partial charge is 0.173 e. The van der Waals surface area contributed by atoms with Gasteiger partial charge in [-0.1, -0.05) is 64.2 Å². The lowest BCUT2D eigenvalue weighted by Gasteiger charge is -2.43. The van der Waals surface area contributed by atoms with Crippen LogP contribution in [0.2, 0.25) is 5.54 Å². The molecule has 1 aliphatic rings. The van der Waals surface area contributed by atoms with Crippen molar-refractivity contribution in [2.24, 2.45) is 0 Å². The van der Waals surface area contributed by atoms with Gasteiger partial charge in [0.1, 0.15) is 17.2 Å².